The number of amides is 3. The Kier molecular flexibility index (Phi) is 4.18. The number of hydrogen-bond donors (Lipinski definition) is 2. The minimum Gasteiger partial charge on any atom is -0.323 e. The molecule has 3 saturated heterocycles. The summed E-state index contributed by atoms with van der Waals surface area (Å²) in [5.41, 5.74) is 2.46. The molecule has 0 aromatic carbocycles. The topological polar surface area (TPSA) is 78.3 Å². The van der Waals surface area contributed by atoms with Crippen LogP contribution in [0.4, 0.5) is 4.79 Å². The maximum atomic E-state index is 12.2. The molecule has 3 aliphatic heterocycles. The number of fused-ring (bicyclic) bond motifs is 2. The summed E-state index contributed by atoms with van der Waals surface area (Å²) < 4.78 is 0. The van der Waals surface area contributed by atoms with E-state index in [9.17, 15) is 9.59 Å². The van der Waals surface area contributed by atoms with E-state index in [1.807, 2.05) is 0 Å². The first-order valence-corrected chi connectivity index (χ1v) is 7.65. The quantitative estimate of drug-likeness (QED) is 0.546. The second-order valence-corrected chi connectivity index (χ2v) is 6.19. The molecule has 0 saturated carbocycles. The molecule has 8 heteroatoms. The third kappa shape index (κ3) is 2.74. The number of hydroxylamine groups is 1. The molecule has 3 fully saturated rings. The summed E-state index contributed by atoms with van der Waals surface area (Å²) in [5.74, 6) is -0.262. The van der Waals surface area contributed by atoms with Gasteiger partial charge in [0.05, 0.1) is 19.2 Å². The van der Waals surface area contributed by atoms with Crippen LogP contribution in [-0.2, 0) is 9.63 Å². The van der Waals surface area contributed by atoms with Crippen LogP contribution in [-0.4, -0.2) is 72.6 Å². The third-order valence-electron chi connectivity index (χ3n) is 4.79. The van der Waals surface area contributed by atoms with Crippen molar-refractivity contribution in [2.24, 2.45) is 0 Å². The van der Waals surface area contributed by atoms with E-state index in [-0.39, 0.29) is 30.1 Å². The number of piperidine rings is 1. The van der Waals surface area contributed by atoms with Gasteiger partial charge in [0.25, 0.3) is 5.91 Å². The van der Waals surface area contributed by atoms with Crippen molar-refractivity contribution in [3.05, 3.63) is 11.4 Å². The molecular weight excluding hydrogens is 286 g/mol. The monoisotopic (exact) mass is 307 g/mol. The van der Waals surface area contributed by atoms with Crippen LogP contribution >= 0.6 is 0 Å². The summed E-state index contributed by atoms with van der Waals surface area (Å²) in [7, 11) is 1.78. The zero-order valence-electron chi connectivity index (χ0n) is 12.6. The van der Waals surface area contributed by atoms with E-state index in [4.69, 9.17) is 11.4 Å². The summed E-state index contributed by atoms with van der Waals surface area (Å²) in [6, 6.07) is -0.209. The molecule has 4 atom stereocenters. The Morgan fingerprint density at radius 2 is 2.36 bits per heavy atom. The summed E-state index contributed by atoms with van der Waals surface area (Å²) in [4.78, 5) is 36.4. The minimum absolute atomic E-state index is 0.00246. The number of likely N-dealkylation sites (N-methyl/N-ethyl adjacent to an activating group) is 1. The van der Waals surface area contributed by atoms with Crippen molar-refractivity contribution in [3.8, 4) is 0 Å². The maximum absolute atomic E-state index is 12.2. The lowest BCUT2D eigenvalue weighted by Crippen LogP contribution is -2.50. The van der Waals surface area contributed by atoms with Gasteiger partial charge in [-0.05, 0) is 12.8 Å². The van der Waals surface area contributed by atoms with E-state index in [0.717, 1.165) is 12.8 Å². The number of carbonyl (C=O) groups excluding carboxylic acids is 2. The van der Waals surface area contributed by atoms with Gasteiger partial charge in [-0.3, -0.25) is 9.63 Å². The van der Waals surface area contributed by atoms with E-state index in [1.54, 1.807) is 16.8 Å². The average molecular weight is 307 g/mol. The number of hydrogen-bond acceptors (Lipinski definition) is 4. The fourth-order valence-electron chi connectivity index (χ4n) is 3.42. The Morgan fingerprint density at radius 3 is 3.09 bits per heavy atom. The molecule has 120 valence electrons. The molecule has 3 heterocycles. The van der Waals surface area contributed by atoms with E-state index >= 15 is 0 Å². The summed E-state index contributed by atoms with van der Waals surface area (Å²) in [6.45, 7) is 8.61. The number of urea groups is 1. The average Bonchev–Trinajstić information content (AvgIpc) is 3.07. The van der Waals surface area contributed by atoms with Gasteiger partial charge in [0.15, 0.2) is 0 Å². The van der Waals surface area contributed by atoms with Crippen molar-refractivity contribution >= 4 is 11.9 Å². The van der Waals surface area contributed by atoms with Crippen LogP contribution in [0.25, 0.3) is 4.85 Å². The SMILES string of the molecule is [C-]#[N+][C@@H]1CN[C@H](CONC(=O)[C@@H]2CC[C@@H]3CN2C(=O)N3C)C1. The normalized spacial score (nSPS) is 33.9. The summed E-state index contributed by atoms with van der Waals surface area (Å²) >= 11 is 0. The lowest BCUT2D eigenvalue weighted by molar-refractivity contribution is -0.139. The number of rotatable bonds is 4. The van der Waals surface area contributed by atoms with Crippen LogP contribution in [0.2, 0.25) is 0 Å². The Labute approximate surface area is 129 Å². The van der Waals surface area contributed by atoms with Crippen LogP contribution in [0.1, 0.15) is 19.3 Å². The maximum Gasteiger partial charge on any atom is 0.320 e. The van der Waals surface area contributed by atoms with Gasteiger partial charge in [-0.1, -0.05) is 0 Å². The second-order valence-electron chi connectivity index (χ2n) is 6.19. The van der Waals surface area contributed by atoms with Crippen molar-refractivity contribution in [3.63, 3.8) is 0 Å². The van der Waals surface area contributed by atoms with Crippen LogP contribution in [0.15, 0.2) is 0 Å². The fraction of sp³-hybridized carbons (Fsp3) is 0.786. The van der Waals surface area contributed by atoms with Gasteiger partial charge in [-0.15, -0.1) is 0 Å². The number of nitrogens with zero attached hydrogens (tertiary/aromatic N) is 3. The van der Waals surface area contributed by atoms with Gasteiger partial charge >= 0.3 is 6.03 Å². The molecule has 0 radical (unpaired) electrons. The zero-order chi connectivity index (χ0) is 15.7. The molecule has 8 nitrogen and oxygen atoms in total. The van der Waals surface area contributed by atoms with Crippen LogP contribution in [0.5, 0.6) is 0 Å². The van der Waals surface area contributed by atoms with Gasteiger partial charge in [-0.2, -0.15) is 0 Å². The molecule has 0 aliphatic carbocycles. The Hall–Kier alpha value is -1.85. The molecule has 0 aromatic rings. The van der Waals surface area contributed by atoms with Crippen molar-refractivity contribution in [1.29, 1.82) is 0 Å². The number of carbonyl (C=O) groups is 2. The Bertz CT molecular complexity index is 505. The van der Waals surface area contributed by atoms with Gasteiger partial charge in [0.2, 0.25) is 6.04 Å². The predicted molar refractivity (Wildman–Crippen MR) is 77.6 cm³/mol. The Balaban J connectivity index is 1.45. The second kappa shape index (κ2) is 6.10. The molecule has 2 bridgehead atoms. The van der Waals surface area contributed by atoms with Crippen molar-refractivity contribution in [2.75, 3.05) is 26.7 Å². The summed E-state index contributed by atoms with van der Waals surface area (Å²) in [6.07, 6.45) is 2.24. The summed E-state index contributed by atoms with van der Waals surface area (Å²) in [5, 5.41) is 3.19. The molecule has 3 aliphatic rings. The highest BCUT2D eigenvalue weighted by Crippen LogP contribution is 2.28. The van der Waals surface area contributed by atoms with Crippen LogP contribution in [0.3, 0.4) is 0 Å². The first-order valence-electron chi connectivity index (χ1n) is 7.65. The molecule has 3 rings (SSSR count). The molecule has 0 aromatic heterocycles. The van der Waals surface area contributed by atoms with Crippen LogP contribution < -0.4 is 10.8 Å². The first kappa shape index (κ1) is 15.1. The highest BCUT2D eigenvalue weighted by molar-refractivity contribution is 5.88. The van der Waals surface area contributed by atoms with E-state index in [0.29, 0.717) is 26.1 Å². The third-order valence-corrected chi connectivity index (χ3v) is 4.79. The molecule has 3 amide bonds. The predicted octanol–water partition coefficient (Wildman–Crippen LogP) is -0.418. The van der Waals surface area contributed by atoms with E-state index in [2.05, 4.69) is 15.6 Å². The van der Waals surface area contributed by atoms with Gasteiger partial charge < -0.3 is 20.0 Å². The van der Waals surface area contributed by atoms with E-state index < -0.39 is 6.04 Å². The van der Waals surface area contributed by atoms with Crippen molar-refractivity contribution < 1.29 is 14.4 Å². The lowest BCUT2D eigenvalue weighted by Gasteiger charge is -2.29. The van der Waals surface area contributed by atoms with Crippen molar-refractivity contribution in [1.82, 2.24) is 20.6 Å². The standard InChI is InChI=1S/C14H21N5O3/c1-15-9-5-10(16-6-9)8-22-17-13(20)12-4-3-11-7-19(12)14(21)18(11)2/h9-12,16H,3-8H2,2H3,(H,17,20)/t9-,10-,11+,12-/m0/s1. The smallest absolute Gasteiger partial charge is 0.320 e. The highest BCUT2D eigenvalue weighted by Gasteiger charge is 2.45. The van der Waals surface area contributed by atoms with Gasteiger partial charge in [0, 0.05) is 26.1 Å². The van der Waals surface area contributed by atoms with Gasteiger partial charge in [-0.25, -0.2) is 16.8 Å². The van der Waals surface area contributed by atoms with E-state index in [1.165, 1.54) is 0 Å². The number of nitrogens with one attached hydrogen (secondary N) is 2. The molecule has 22 heavy (non-hydrogen) atoms. The fourth-order valence-corrected chi connectivity index (χ4v) is 3.42. The first-order chi connectivity index (χ1) is 10.6. The highest BCUT2D eigenvalue weighted by atomic mass is 16.7. The molecule has 0 unspecified atom stereocenters. The molecule has 2 N–H and O–H groups in total. The van der Waals surface area contributed by atoms with Crippen molar-refractivity contribution in [2.45, 2.75) is 43.4 Å². The molecule has 0 spiro atoms. The van der Waals surface area contributed by atoms with Gasteiger partial charge in [0.1, 0.15) is 6.04 Å². The lowest BCUT2D eigenvalue weighted by atomic mass is 10.0. The largest absolute Gasteiger partial charge is 0.323 e. The zero-order valence-corrected chi connectivity index (χ0v) is 12.6. The molecular formula is C14H21N5O3. The Morgan fingerprint density at radius 1 is 1.55 bits per heavy atom. The minimum atomic E-state index is -0.443. The van der Waals surface area contributed by atoms with Crippen LogP contribution in [0, 0.1) is 6.57 Å².